The highest BCUT2D eigenvalue weighted by Gasteiger charge is 2.18. The van der Waals surface area contributed by atoms with Gasteiger partial charge in [0.05, 0.1) is 24.5 Å². The molecular formula is C19H27Cl2N5O2. The Kier molecular flexibility index (Phi) is 8.57. The van der Waals surface area contributed by atoms with Gasteiger partial charge in [-0.3, -0.25) is 14.4 Å². The van der Waals surface area contributed by atoms with Gasteiger partial charge in [0.2, 0.25) is 5.91 Å². The van der Waals surface area contributed by atoms with Crippen LogP contribution in [0.5, 0.6) is 5.75 Å². The standard InChI is InChI=1S/C19H25N5O2.2ClH/c25-19(14-23-8-9-26-18-5-2-1-4-15(18)13-23)21-11-16-10-17-12-20-6-3-7-24(17)22-16;;/h1-2,4-5,10,20H,3,6-9,11-14H2,(H,21,25);2*1H. The third kappa shape index (κ3) is 5.61. The predicted molar refractivity (Wildman–Crippen MR) is 112 cm³/mol. The van der Waals surface area contributed by atoms with Crippen molar-refractivity contribution in [2.45, 2.75) is 32.6 Å². The van der Waals surface area contributed by atoms with Crippen LogP contribution in [0.4, 0.5) is 0 Å². The number of ether oxygens (including phenoxy) is 1. The fraction of sp³-hybridized carbons (Fsp3) is 0.474. The van der Waals surface area contributed by atoms with E-state index in [9.17, 15) is 4.79 Å². The third-order valence-electron chi connectivity index (χ3n) is 4.81. The van der Waals surface area contributed by atoms with Crippen molar-refractivity contribution in [2.24, 2.45) is 0 Å². The van der Waals surface area contributed by atoms with Gasteiger partial charge in [-0.1, -0.05) is 18.2 Å². The summed E-state index contributed by atoms with van der Waals surface area (Å²) in [6, 6.07) is 10.1. The first-order valence-electron chi connectivity index (χ1n) is 9.24. The summed E-state index contributed by atoms with van der Waals surface area (Å²) in [7, 11) is 0. The molecule has 0 fully saturated rings. The largest absolute Gasteiger partial charge is 0.492 e. The maximum absolute atomic E-state index is 12.4. The second-order valence-electron chi connectivity index (χ2n) is 6.82. The number of hydrogen-bond acceptors (Lipinski definition) is 5. The number of nitrogens with zero attached hydrogens (tertiary/aromatic N) is 3. The SMILES string of the molecule is Cl.Cl.O=C(CN1CCOc2ccccc2C1)NCc1cc2n(n1)CCCNC2. The molecule has 0 unspecified atom stereocenters. The van der Waals surface area contributed by atoms with E-state index < -0.39 is 0 Å². The zero-order chi connectivity index (χ0) is 17.8. The third-order valence-corrected chi connectivity index (χ3v) is 4.81. The van der Waals surface area contributed by atoms with Crippen molar-refractivity contribution in [1.82, 2.24) is 25.3 Å². The van der Waals surface area contributed by atoms with Crippen LogP contribution in [0, 0.1) is 0 Å². The number of amides is 1. The zero-order valence-electron chi connectivity index (χ0n) is 15.7. The molecule has 28 heavy (non-hydrogen) atoms. The maximum Gasteiger partial charge on any atom is 0.234 e. The first-order valence-corrected chi connectivity index (χ1v) is 9.24. The molecule has 0 bridgehead atoms. The summed E-state index contributed by atoms with van der Waals surface area (Å²) < 4.78 is 7.80. The van der Waals surface area contributed by atoms with Crippen molar-refractivity contribution >= 4 is 30.7 Å². The van der Waals surface area contributed by atoms with Crippen LogP contribution < -0.4 is 15.4 Å². The highest BCUT2D eigenvalue weighted by Crippen LogP contribution is 2.22. The molecule has 0 atom stereocenters. The number of nitrogens with one attached hydrogen (secondary N) is 2. The number of para-hydroxylation sites is 1. The number of halogens is 2. The van der Waals surface area contributed by atoms with E-state index in [1.807, 2.05) is 22.9 Å². The summed E-state index contributed by atoms with van der Waals surface area (Å²) in [5, 5.41) is 11.0. The number of benzene rings is 1. The molecule has 0 aliphatic carbocycles. The molecule has 2 aliphatic rings. The van der Waals surface area contributed by atoms with Gasteiger partial charge in [-0.25, -0.2) is 0 Å². The number of fused-ring (bicyclic) bond motifs is 2. The van der Waals surface area contributed by atoms with E-state index >= 15 is 0 Å². The minimum atomic E-state index is 0. The summed E-state index contributed by atoms with van der Waals surface area (Å²) in [5.74, 6) is 0.939. The second kappa shape index (κ2) is 10.7. The number of hydrogen-bond donors (Lipinski definition) is 2. The topological polar surface area (TPSA) is 71.4 Å². The Bertz CT molecular complexity index is 760. The van der Waals surface area contributed by atoms with Crippen LogP contribution in [0.3, 0.4) is 0 Å². The lowest BCUT2D eigenvalue weighted by Gasteiger charge is -2.18. The van der Waals surface area contributed by atoms with Gasteiger partial charge in [-0.2, -0.15) is 5.10 Å². The van der Waals surface area contributed by atoms with Crippen molar-refractivity contribution in [3.05, 3.63) is 47.3 Å². The summed E-state index contributed by atoms with van der Waals surface area (Å²) in [6.07, 6.45) is 1.08. The summed E-state index contributed by atoms with van der Waals surface area (Å²) >= 11 is 0. The summed E-state index contributed by atoms with van der Waals surface area (Å²) in [5.41, 5.74) is 3.23. The Labute approximate surface area is 177 Å². The van der Waals surface area contributed by atoms with Crippen molar-refractivity contribution in [1.29, 1.82) is 0 Å². The van der Waals surface area contributed by atoms with Crippen LogP contribution in [0.1, 0.15) is 23.4 Å². The Hall–Kier alpha value is -1.80. The van der Waals surface area contributed by atoms with E-state index in [-0.39, 0.29) is 30.7 Å². The molecule has 0 spiro atoms. The molecule has 2 aliphatic heterocycles. The smallest absolute Gasteiger partial charge is 0.234 e. The van der Waals surface area contributed by atoms with Gasteiger partial charge in [-0.15, -0.1) is 24.8 Å². The van der Waals surface area contributed by atoms with Crippen LogP contribution in [-0.4, -0.2) is 46.8 Å². The van der Waals surface area contributed by atoms with E-state index in [1.54, 1.807) is 0 Å². The first-order chi connectivity index (χ1) is 12.8. The fourth-order valence-corrected chi connectivity index (χ4v) is 3.47. The lowest BCUT2D eigenvalue weighted by molar-refractivity contribution is -0.122. The zero-order valence-corrected chi connectivity index (χ0v) is 17.4. The molecular weight excluding hydrogens is 401 g/mol. The van der Waals surface area contributed by atoms with Crippen molar-refractivity contribution in [2.75, 3.05) is 26.2 Å². The quantitative estimate of drug-likeness (QED) is 0.777. The minimum absolute atomic E-state index is 0. The number of rotatable bonds is 4. The molecule has 154 valence electrons. The molecule has 1 aromatic heterocycles. The van der Waals surface area contributed by atoms with Crippen LogP contribution in [-0.2, 0) is 31.0 Å². The van der Waals surface area contributed by atoms with Crippen molar-refractivity contribution < 1.29 is 9.53 Å². The number of carbonyl (C=O) groups is 1. The van der Waals surface area contributed by atoms with Gasteiger partial charge >= 0.3 is 0 Å². The minimum Gasteiger partial charge on any atom is -0.492 e. The molecule has 9 heteroatoms. The van der Waals surface area contributed by atoms with E-state index in [4.69, 9.17) is 4.74 Å². The summed E-state index contributed by atoms with van der Waals surface area (Å²) in [4.78, 5) is 14.5. The number of aromatic nitrogens is 2. The Balaban J connectivity index is 0.00000140. The lowest BCUT2D eigenvalue weighted by Crippen LogP contribution is -2.37. The van der Waals surface area contributed by atoms with Crippen LogP contribution >= 0.6 is 24.8 Å². The van der Waals surface area contributed by atoms with E-state index in [0.717, 1.165) is 56.2 Å². The predicted octanol–water partition coefficient (Wildman–Crippen LogP) is 1.73. The van der Waals surface area contributed by atoms with Crippen molar-refractivity contribution in [3.8, 4) is 5.75 Å². The molecule has 1 aromatic carbocycles. The van der Waals surface area contributed by atoms with Gasteiger partial charge in [0.25, 0.3) is 0 Å². The Morgan fingerprint density at radius 3 is 3.00 bits per heavy atom. The first kappa shape index (κ1) is 22.5. The molecule has 7 nitrogen and oxygen atoms in total. The average Bonchev–Trinajstić information content (AvgIpc) is 2.79. The molecule has 0 radical (unpaired) electrons. The number of aryl methyl sites for hydroxylation is 1. The van der Waals surface area contributed by atoms with Crippen LogP contribution in [0.15, 0.2) is 30.3 Å². The van der Waals surface area contributed by atoms with Gasteiger partial charge in [0.15, 0.2) is 0 Å². The van der Waals surface area contributed by atoms with E-state index in [0.29, 0.717) is 19.7 Å². The molecule has 3 heterocycles. The van der Waals surface area contributed by atoms with E-state index in [2.05, 4.69) is 32.8 Å². The molecule has 4 rings (SSSR count). The Morgan fingerprint density at radius 2 is 2.11 bits per heavy atom. The molecule has 1 amide bonds. The van der Waals surface area contributed by atoms with Gasteiger partial charge < -0.3 is 15.4 Å². The molecule has 2 N–H and O–H groups in total. The van der Waals surface area contributed by atoms with Gasteiger partial charge in [-0.05, 0) is 25.1 Å². The average molecular weight is 428 g/mol. The molecule has 0 saturated carbocycles. The molecule has 0 saturated heterocycles. The van der Waals surface area contributed by atoms with Crippen LogP contribution in [0.25, 0.3) is 0 Å². The van der Waals surface area contributed by atoms with Crippen LogP contribution in [0.2, 0.25) is 0 Å². The molecule has 2 aromatic rings. The summed E-state index contributed by atoms with van der Waals surface area (Å²) in [6.45, 7) is 5.72. The van der Waals surface area contributed by atoms with E-state index in [1.165, 1.54) is 5.69 Å². The van der Waals surface area contributed by atoms with Gasteiger partial charge in [0, 0.05) is 31.7 Å². The number of carbonyl (C=O) groups excluding carboxylic acids is 1. The maximum atomic E-state index is 12.4. The highest BCUT2D eigenvalue weighted by atomic mass is 35.5. The highest BCUT2D eigenvalue weighted by molar-refractivity contribution is 5.85. The second-order valence-corrected chi connectivity index (χ2v) is 6.82. The van der Waals surface area contributed by atoms with Crippen molar-refractivity contribution in [3.63, 3.8) is 0 Å². The normalized spacial score (nSPS) is 16.1. The monoisotopic (exact) mass is 427 g/mol. The van der Waals surface area contributed by atoms with Gasteiger partial charge in [0.1, 0.15) is 12.4 Å². The lowest BCUT2D eigenvalue weighted by atomic mass is 10.2. The fourth-order valence-electron chi connectivity index (χ4n) is 3.47. The Morgan fingerprint density at radius 1 is 1.25 bits per heavy atom.